The molecule has 0 radical (unpaired) electrons. The molecule has 1 heterocycles. The van der Waals surface area contributed by atoms with Crippen molar-refractivity contribution < 1.29 is 13.9 Å². The molecule has 2 aromatic rings. The van der Waals surface area contributed by atoms with Crippen LogP contribution in [0.1, 0.15) is 17.9 Å². The minimum absolute atomic E-state index is 0.0220. The Labute approximate surface area is 122 Å². The van der Waals surface area contributed by atoms with Crippen LogP contribution in [0.15, 0.2) is 54.6 Å². The summed E-state index contributed by atoms with van der Waals surface area (Å²) in [7, 11) is 0. The SMILES string of the molecule is Fc1ccccc1Cl.O=C1OCCC1c1ccccc1. The normalized spacial score (nSPS) is 17.1. The molecule has 1 atom stereocenters. The average Bonchev–Trinajstić information content (AvgIpc) is 2.90. The van der Waals surface area contributed by atoms with Crippen LogP contribution < -0.4 is 0 Å². The number of carbonyl (C=O) groups is 1. The molecule has 0 aliphatic carbocycles. The maximum Gasteiger partial charge on any atom is 0.313 e. The molecule has 0 aromatic heterocycles. The van der Waals surface area contributed by atoms with Crippen molar-refractivity contribution in [1.82, 2.24) is 0 Å². The van der Waals surface area contributed by atoms with Gasteiger partial charge < -0.3 is 4.74 Å². The third kappa shape index (κ3) is 3.81. The van der Waals surface area contributed by atoms with Crippen molar-refractivity contribution in [1.29, 1.82) is 0 Å². The highest BCUT2D eigenvalue weighted by Gasteiger charge is 2.27. The van der Waals surface area contributed by atoms with Crippen molar-refractivity contribution in [3.63, 3.8) is 0 Å². The maximum atomic E-state index is 12.2. The highest BCUT2D eigenvalue weighted by molar-refractivity contribution is 6.30. The third-order valence-corrected chi connectivity index (χ3v) is 3.27. The van der Waals surface area contributed by atoms with Gasteiger partial charge in [0.15, 0.2) is 0 Å². The van der Waals surface area contributed by atoms with Crippen LogP contribution in [0.3, 0.4) is 0 Å². The highest BCUT2D eigenvalue weighted by Crippen LogP contribution is 2.25. The number of carbonyl (C=O) groups excluding carboxylic acids is 1. The van der Waals surface area contributed by atoms with Gasteiger partial charge in [-0.3, -0.25) is 4.79 Å². The molecule has 1 aliphatic rings. The van der Waals surface area contributed by atoms with E-state index < -0.39 is 0 Å². The summed E-state index contributed by atoms with van der Waals surface area (Å²) in [6.45, 7) is 0.568. The van der Waals surface area contributed by atoms with Gasteiger partial charge >= 0.3 is 5.97 Å². The lowest BCUT2D eigenvalue weighted by atomic mass is 9.98. The van der Waals surface area contributed by atoms with Gasteiger partial charge in [-0.15, -0.1) is 0 Å². The van der Waals surface area contributed by atoms with Gasteiger partial charge in [0.05, 0.1) is 17.5 Å². The first kappa shape index (κ1) is 14.5. The highest BCUT2D eigenvalue weighted by atomic mass is 35.5. The number of ether oxygens (including phenoxy) is 1. The predicted octanol–water partition coefficient (Wildman–Crippen LogP) is 4.20. The van der Waals surface area contributed by atoms with Crippen molar-refractivity contribution in [3.8, 4) is 0 Å². The summed E-state index contributed by atoms with van der Waals surface area (Å²) in [5.74, 6) is -0.471. The summed E-state index contributed by atoms with van der Waals surface area (Å²) in [5.41, 5.74) is 1.07. The van der Waals surface area contributed by atoms with Crippen LogP contribution >= 0.6 is 11.6 Å². The van der Waals surface area contributed by atoms with E-state index in [1.54, 1.807) is 12.1 Å². The summed E-state index contributed by atoms with van der Waals surface area (Å²) in [4.78, 5) is 11.2. The Hall–Kier alpha value is -1.87. The number of hydrogen-bond donors (Lipinski definition) is 0. The molecule has 3 rings (SSSR count). The largest absolute Gasteiger partial charge is 0.465 e. The zero-order valence-corrected chi connectivity index (χ0v) is 11.5. The monoisotopic (exact) mass is 292 g/mol. The molecule has 1 saturated heterocycles. The second-order valence-corrected chi connectivity index (χ2v) is 4.74. The molecular weight excluding hydrogens is 279 g/mol. The lowest BCUT2D eigenvalue weighted by Crippen LogP contribution is -2.04. The number of esters is 1. The quantitative estimate of drug-likeness (QED) is 0.737. The average molecular weight is 293 g/mol. The van der Waals surface area contributed by atoms with E-state index in [1.165, 1.54) is 12.1 Å². The van der Waals surface area contributed by atoms with E-state index in [0.29, 0.717) is 6.61 Å². The van der Waals surface area contributed by atoms with E-state index in [0.717, 1.165) is 12.0 Å². The van der Waals surface area contributed by atoms with E-state index >= 15 is 0 Å². The third-order valence-electron chi connectivity index (χ3n) is 2.96. The van der Waals surface area contributed by atoms with Gasteiger partial charge in [-0.1, -0.05) is 54.1 Å². The Kier molecular flexibility index (Phi) is 5.13. The molecule has 0 amide bonds. The Morgan fingerprint density at radius 2 is 1.70 bits per heavy atom. The summed E-state index contributed by atoms with van der Waals surface area (Å²) < 4.78 is 17.1. The Morgan fingerprint density at radius 3 is 2.20 bits per heavy atom. The van der Waals surface area contributed by atoms with E-state index in [4.69, 9.17) is 16.3 Å². The van der Waals surface area contributed by atoms with Crippen LogP contribution in [0.2, 0.25) is 5.02 Å². The van der Waals surface area contributed by atoms with Crippen LogP contribution in [-0.2, 0) is 9.53 Å². The molecule has 0 spiro atoms. The van der Waals surface area contributed by atoms with Crippen molar-refractivity contribution in [2.75, 3.05) is 6.61 Å². The number of cyclic esters (lactones) is 1. The van der Waals surface area contributed by atoms with Gasteiger partial charge in [-0.2, -0.15) is 0 Å². The van der Waals surface area contributed by atoms with Crippen LogP contribution in [0.4, 0.5) is 4.39 Å². The number of hydrogen-bond acceptors (Lipinski definition) is 2. The molecule has 2 nitrogen and oxygen atoms in total. The summed E-state index contributed by atoms with van der Waals surface area (Å²) >= 11 is 5.33. The smallest absolute Gasteiger partial charge is 0.313 e. The van der Waals surface area contributed by atoms with Crippen LogP contribution in [0, 0.1) is 5.82 Å². The van der Waals surface area contributed by atoms with E-state index in [9.17, 15) is 9.18 Å². The standard InChI is InChI=1S/C10H10O2.C6H4ClF/c11-10-9(6-7-12-10)8-4-2-1-3-5-8;7-5-3-1-2-4-6(5)8/h1-5,9H,6-7H2;1-4H. The van der Waals surface area contributed by atoms with Crippen LogP contribution in [0.25, 0.3) is 0 Å². The molecule has 1 aliphatic heterocycles. The molecule has 20 heavy (non-hydrogen) atoms. The molecule has 104 valence electrons. The van der Waals surface area contributed by atoms with Gasteiger partial charge in [0, 0.05) is 0 Å². The second kappa shape index (κ2) is 7.06. The number of rotatable bonds is 1. The molecule has 4 heteroatoms. The molecule has 0 saturated carbocycles. The lowest BCUT2D eigenvalue weighted by Gasteiger charge is -2.03. The molecule has 2 aromatic carbocycles. The second-order valence-electron chi connectivity index (χ2n) is 4.33. The summed E-state index contributed by atoms with van der Waals surface area (Å²) in [6, 6.07) is 15.9. The number of benzene rings is 2. The topological polar surface area (TPSA) is 26.3 Å². The minimum Gasteiger partial charge on any atom is -0.465 e. The van der Waals surface area contributed by atoms with E-state index in [1.807, 2.05) is 30.3 Å². The van der Waals surface area contributed by atoms with E-state index in [2.05, 4.69) is 0 Å². The first-order chi connectivity index (χ1) is 9.68. The van der Waals surface area contributed by atoms with Crippen molar-refractivity contribution in [2.45, 2.75) is 12.3 Å². The molecular formula is C16H14ClFO2. The van der Waals surface area contributed by atoms with E-state index in [-0.39, 0.29) is 22.7 Å². The van der Waals surface area contributed by atoms with Crippen molar-refractivity contribution in [2.24, 2.45) is 0 Å². The van der Waals surface area contributed by atoms with Gasteiger partial charge in [0.25, 0.3) is 0 Å². The first-order valence-electron chi connectivity index (χ1n) is 6.30. The molecule has 0 N–H and O–H groups in total. The molecule has 1 unspecified atom stereocenters. The van der Waals surface area contributed by atoms with Gasteiger partial charge in [0.1, 0.15) is 5.82 Å². The molecule has 1 fully saturated rings. The summed E-state index contributed by atoms with van der Waals surface area (Å²) in [6.07, 6.45) is 0.822. The zero-order chi connectivity index (χ0) is 14.4. The first-order valence-corrected chi connectivity index (χ1v) is 6.68. The fourth-order valence-electron chi connectivity index (χ4n) is 1.92. The van der Waals surface area contributed by atoms with Crippen molar-refractivity contribution >= 4 is 17.6 Å². The predicted molar refractivity (Wildman–Crippen MR) is 76.2 cm³/mol. The summed E-state index contributed by atoms with van der Waals surface area (Å²) in [5, 5.41) is 0.174. The molecule has 0 bridgehead atoms. The lowest BCUT2D eigenvalue weighted by molar-refractivity contribution is -0.139. The van der Waals surface area contributed by atoms with Crippen LogP contribution in [-0.4, -0.2) is 12.6 Å². The van der Waals surface area contributed by atoms with Gasteiger partial charge in [0.2, 0.25) is 0 Å². The Morgan fingerprint density at radius 1 is 1.05 bits per heavy atom. The fraction of sp³-hybridized carbons (Fsp3) is 0.188. The Bertz CT molecular complexity index is 551. The Balaban J connectivity index is 0.000000160. The number of halogens is 2. The zero-order valence-electron chi connectivity index (χ0n) is 10.8. The van der Waals surface area contributed by atoms with Gasteiger partial charge in [-0.05, 0) is 24.1 Å². The minimum atomic E-state index is -0.367. The van der Waals surface area contributed by atoms with Gasteiger partial charge in [-0.25, -0.2) is 4.39 Å². The fourth-order valence-corrected chi connectivity index (χ4v) is 2.06. The van der Waals surface area contributed by atoms with Crippen LogP contribution in [0.5, 0.6) is 0 Å². The maximum absolute atomic E-state index is 12.2. The van der Waals surface area contributed by atoms with Crippen molar-refractivity contribution in [3.05, 3.63) is 71.0 Å².